The van der Waals surface area contributed by atoms with Gasteiger partial charge in [0.2, 0.25) is 5.91 Å². The zero-order valence-corrected chi connectivity index (χ0v) is 34.6. The van der Waals surface area contributed by atoms with E-state index in [1.165, 1.54) is 12.7 Å². The number of nitrogens with zero attached hydrogens (tertiary/aromatic N) is 5. The number of rotatable bonds is 10. The van der Waals surface area contributed by atoms with E-state index in [-0.39, 0.29) is 36.0 Å². The van der Waals surface area contributed by atoms with Gasteiger partial charge in [-0.3, -0.25) is 24.4 Å². The number of aromatic amines is 1. The lowest BCUT2D eigenvalue weighted by Crippen LogP contribution is -2.54. The van der Waals surface area contributed by atoms with Gasteiger partial charge in [-0.2, -0.15) is 0 Å². The van der Waals surface area contributed by atoms with Gasteiger partial charge in [0.15, 0.2) is 5.58 Å². The number of H-pyrrole nitrogens is 1. The number of esters is 1. The standard InChI is InChI=1S/C27H40N4O5.C16H21N3O3/c1-4-5-14-35-24(32)18-29-10-12-30(13-11-29)22-6-8-31(9-7-22)26(33)20(3)16-21-15-19(2)25-23(17-21)36-27(34)28-25;1-22-16(21)18-9-7-13(8-10-18)19-11-6-12-4-2-3-5-14(12)17-15(19)20/h15,17,20,22H,4-14,16,18H2,1-3H3,(H,28,34);2-5,13H,6-11H2,1H3,(H,17,20)/t20-;/m1./s1. The molecule has 3 saturated heterocycles. The smallest absolute Gasteiger partial charge is 0.417 e. The summed E-state index contributed by atoms with van der Waals surface area (Å²) in [7, 11) is 1.40. The number of nitrogens with one attached hydrogen (secondary N) is 2. The van der Waals surface area contributed by atoms with Gasteiger partial charge in [-0.25, -0.2) is 14.4 Å². The van der Waals surface area contributed by atoms with Crippen LogP contribution in [0.3, 0.4) is 0 Å². The third-order valence-corrected chi connectivity index (χ3v) is 12.0. The summed E-state index contributed by atoms with van der Waals surface area (Å²) < 4.78 is 15.3. The van der Waals surface area contributed by atoms with Gasteiger partial charge < -0.3 is 33.9 Å². The van der Waals surface area contributed by atoms with Crippen LogP contribution in [-0.4, -0.2) is 145 Å². The minimum Gasteiger partial charge on any atom is -0.465 e. The van der Waals surface area contributed by atoms with Gasteiger partial charge in [0.25, 0.3) is 0 Å². The predicted molar refractivity (Wildman–Crippen MR) is 221 cm³/mol. The van der Waals surface area contributed by atoms with Crippen LogP contribution in [0.25, 0.3) is 11.1 Å². The van der Waals surface area contributed by atoms with E-state index in [9.17, 15) is 24.0 Å². The summed E-state index contributed by atoms with van der Waals surface area (Å²) in [4.78, 5) is 73.7. The summed E-state index contributed by atoms with van der Waals surface area (Å²) in [6.45, 7) is 14.1. The van der Waals surface area contributed by atoms with E-state index >= 15 is 0 Å². The molecule has 3 aromatic rings. The molecule has 316 valence electrons. The first kappa shape index (κ1) is 42.7. The fraction of sp³-hybridized carbons (Fsp3) is 0.605. The zero-order valence-electron chi connectivity index (χ0n) is 34.6. The average Bonchev–Trinajstić information content (AvgIpc) is 3.53. The monoisotopic (exact) mass is 803 g/mol. The summed E-state index contributed by atoms with van der Waals surface area (Å²) in [5.74, 6) is -0.521. The molecule has 4 aliphatic heterocycles. The third-order valence-electron chi connectivity index (χ3n) is 12.0. The Hall–Kier alpha value is -4.89. The molecule has 3 fully saturated rings. The van der Waals surface area contributed by atoms with Crippen LogP contribution in [0.1, 0.15) is 69.1 Å². The molecule has 2 N–H and O–H groups in total. The van der Waals surface area contributed by atoms with Gasteiger partial charge in [0.05, 0.1) is 25.8 Å². The molecule has 58 heavy (non-hydrogen) atoms. The maximum Gasteiger partial charge on any atom is 0.417 e. The maximum atomic E-state index is 13.2. The second-order valence-electron chi connectivity index (χ2n) is 16.1. The molecule has 0 radical (unpaired) electrons. The van der Waals surface area contributed by atoms with Crippen LogP contribution in [0.15, 0.2) is 45.6 Å². The number of aryl methyl sites for hydroxylation is 1. The number of aromatic nitrogens is 1. The number of piperazine rings is 1. The molecule has 1 aromatic heterocycles. The number of hydrogen-bond acceptors (Lipinski definition) is 10. The number of methoxy groups -OCH3 is 1. The number of carbonyl (C=O) groups is 4. The molecular formula is C43H61N7O8. The van der Waals surface area contributed by atoms with Crippen molar-refractivity contribution >= 4 is 40.8 Å². The van der Waals surface area contributed by atoms with Crippen molar-refractivity contribution in [3.05, 3.63) is 63.6 Å². The number of anilines is 1. The van der Waals surface area contributed by atoms with E-state index in [2.05, 4.69) is 33.1 Å². The van der Waals surface area contributed by atoms with Gasteiger partial charge in [-0.1, -0.05) is 44.5 Å². The van der Waals surface area contributed by atoms with Crippen molar-refractivity contribution < 1.29 is 33.1 Å². The quantitative estimate of drug-likeness (QED) is 0.214. The van der Waals surface area contributed by atoms with E-state index in [1.54, 1.807) is 4.90 Å². The zero-order chi connectivity index (χ0) is 41.2. The number of unbranched alkanes of at least 4 members (excludes halogenated alkanes) is 1. The van der Waals surface area contributed by atoms with Gasteiger partial charge >= 0.3 is 23.8 Å². The summed E-state index contributed by atoms with van der Waals surface area (Å²) >= 11 is 0. The molecule has 0 unspecified atom stereocenters. The third kappa shape index (κ3) is 11.0. The van der Waals surface area contributed by atoms with E-state index in [0.717, 1.165) is 107 Å². The van der Waals surface area contributed by atoms with Crippen LogP contribution in [0.5, 0.6) is 0 Å². The molecule has 0 saturated carbocycles. The van der Waals surface area contributed by atoms with E-state index in [0.29, 0.717) is 50.8 Å². The Bertz CT molecular complexity index is 1920. The number of oxazole rings is 1. The molecule has 4 aliphatic rings. The van der Waals surface area contributed by atoms with Gasteiger partial charge in [0.1, 0.15) is 0 Å². The van der Waals surface area contributed by atoms with E-state index < -0.39 is 5.76 Å². The number of amides is 4. The molecule has 2 aromatic carbocycles. The highest BCUT2D eigenvalue weighted by Crippen LogP contribution is 2.26. The molecule has 5 heterocycles. The lowest BCUT2D eigenvalue weighted by molar-refractivity contribution is -0.145. The summed E-state index contributed by atoms with van der Waals surface area (Å²) in [6, 6.07) is 12.4. The Kier molecular flexibility index (Phi) is 14.9. The number of hydrogen-bond donors (Lipinski definition) is 2. The van der Waals surface area contributed by atoms with Crippen LogP contribution in [0.2, 0.25) is 0 Å². The Morgan fingerprint density at radius 1 is 0.897 bits per heavy atom. The number of para-hydroxylation sites is 1. The second-order valence-corrected chi connectivity index (χ2v) is 16.1. The van der Waals surface area contributed by atoms with E-state index in [1.807, 2.05) is 54.0 Å². The summed E-state index contributed by atoms with van der Waals surface area (Å²) in [6.07, 6.45) is 6.68. The number of likely N-dealkylation sites (tertiary alicyclic amines) is 2. The number of urea groups is 1. The lowest BCUT2D eigenvalue weighted by atomic mass is 9.96. The van der Waals surface area contributed by atoms with Crippen LogP contribution < -0.4 is 11.1 Å². The van der Waals surface area contributed by atoms with Crippen molar-refractivity contribution in [1.29, 1.82) is 0 Å². The number of piperidine rings is 2. The Labute approximate surface area is 340 Å². The van der Waals surface area contributed by atoms with Crippen LogP contribution in [0.4, 0.5) is 15.3 Å². The van der Waals surface area contributed by atoms with Crippen molar-refractivity contribution in [3.63, 3.8) is 0 Å². The van der Waals surface area contributed by atoms with E-state index in [4.69, 9.17) is 13.9 Å². The minimum absolute atomic E-state index is 0.0403. The summed E-state index contributed by atoms with van der Waals surface area (Å²) in [5.41, 5.74) is 5.29. The number of ether oxygens (including phenoxy) is 2. The molecule has 0 spiro atoms. The molecule has 0 bridgehead atoms. The fourth-order valence-corrected chi connectivity index (χ4v) is 8.69. The first-order valence-corrected chi connectivity index (χ1v) is 21.0. The highest BCUT2D eigenvalue weighted by atomic mass is 16.5. The van der Waals surface area contributed by atoms with Crippen molar-refractivity contribution in [3.8, 4) is 0 Å². The molecular weight excluding hydrogens is 743 g/mol. The molecule has 4 amide bonds. The fourth-order valence-electron chi connectivity index (χ4n) is 8.69. The maximum absolute atomic E-state index is 13.2. The van der Waals surface area contributed by atoms with Gasteiger partial charge in [-0.15, -0.1) is 0 Å². The van der Waals surface area contributed by atoms with Gasteiger partial charge in [-0.05, 0) is 80.7 Å². The Balaban J connectivity index is 0.000000220. The molecule has 1 atom stereocenters. The lowest BCUT2D eigenvalue weighted by Gasteiger charge is -2.43. The van der Waals surface area contributed by atoms with Crippen molar-refractivity contribution in [2.45, 2.75) is 84.2 Å². The number of carbonyl (C=O) groups excluding carboxylic acids is 4. The van der Waals surface area contributed by atoms with Crippen molar-refractivity contribution in [2.75, 3.05) is 84.5 Å². The minimum atomic E-state index is -0.455. The normalized spacial score (nSPS) is 19.1. The Morgan fingerprint density at radius 3 is 2.29 bits per heavy atom. The van der Waals surface area contributed by atoms with Crippen molar-refractivity contribution in [2.24, 2.45) is 5.92 Å². The largest absolute Gasteiger partial charge is 0.465 e. The summed E-state index contributed by atoms with van der Waals surface area (Å²) in [5, 5.41) is 3.00. The highest BCUT2D eigenvalue weighted by Gasteiger charge is 2.33. The highest BCUT2D eigenvalue weighted by molar-refractivity contribution is 5.91. The molecule has 15 heteroatoms. The van der Waals surface area contributed by atoms with Crippen molar-refractivity contribution in [1.82, 2.24) is 29.5 Å². The number of fused-ring (bicyclic) bond motifs is 2. The number of benzene rings is 2. The first-order chi connectivity index (χ1) is 28.0. The van der Waals surface area contributed by atoms with Crippen LogP contribution in [0, 0.1) is 12.8 Å². The molecule has 0 aliphatic carbocycles. The Morgan fingerprint density at radius 2 is 1.59 bits per heavy atom. The second kappa shape index (κ2) is 20.2. The molecule has 7 rings (SSSR count). The van der Waals surface area contributed by atoms with Crippen LogP contribution >= 0.6 is 0 Å². The van der Waals surface area contributed by atoms with Crippen LogP contribution in [-0.2, 0) is 31.9 Å². The van der Waals surface area contributed by atoms with Gasteiger partial charge in [0, 0.05) is 82.6 Å². The predicted octanol–water partition coefficient (Wildman–Crippen LogP) is 4.87. The SMILES string of the molecule is CCCCOC(=O)CN1CCN(C2CCN(C(=O)[C@H](C)Cc3cc(C)c4[nH]c(=O)oc4c3)CC2)CC1.COC(=O)N1CCC(N2CCc3ccccc3NC2=O)CC1. The first-order valence-electron chi connectivity index (χ1n) is 21.0. The topological polar surface area (TPSA) is 161 Å². The molecule has 15 nitrogen and oxygen atoms in total. The average molecular weight is 804 g/mol.